The summed E-state index contributed by atoms with van der Waals surface area (Å²) in [5.41, 5.74) is 1.26. The van der Waals surface area contributed by atoms with E-state index in [1.165, 1.54) is 23.7 Å². The van der Waals surface area contributed by atoms with Crippen molar-refractivity contribution in [2.75, 3.05) is 13.1 Å². The molecule has 1 aliphatic heterocycles. The molecule has 0 radical (unpaired) electrons. The van der Waals surface area contributed by atoms with Gasteiger partial charge in [0.05, 0.1) is 11.4 Å². The van der Waals surface area contributed by atoms with Gasteiger partial charge in [-0.3, -0.25) is 4.79 Å². The maximum atomic E-state index is 12.4. The van der Waals surface area contributed by atoms with E-state index < -0.39 is 0 Å². The Hall–Kier alpha value is -2.46. The summed E-state index contributed by atoms with van der Waals surface area (Å²) in [6.07, 6.45) is 3.50. The number of likely N-dealkylation sites (tertiary alicyclic amines) is 1. The molecule has 0 N–H and O–H groups in total. The first kappa shape index (κ1) is 14.5. The van der Waals surface area contributed by atoms with E-state index in [0.29, 0.717) is 13.1 Å². The first-order valence-corrected chi connectivity index (χ1v) is 7.77. The molecule has 6 nitrogen and oxygen atoms in total. The van der Waals surface area contributed by atoms with Gasteiger partial charge in [0.25, 0.3) is 11.8 Å². The van der Waals surface area contributed by atoms with Crippen LogP contribution in [-0.2, 0) is 0 Å². The van der Waals surface area contributed by atoms with Gasteiger partial charge in [0.1, 0.15) is 12.2 Å². The second-order valence-electron chi connectivity index (χ2n) is 5.09. The molecule has 0 bridgehead atoms. The number of amides is 1. The van der Waals surface area contributed by atoms with Crippen LogP contribution in [0, 0.1) is 18.3 Å². The highest BCUT2D eigenvalue weighted by Gasteiger charge is 2.29. The van der Waals surface area contributed by atoms with Gasteiger partial charge in [-0.1, -0.05) is 0 Å². The summed E-state index contributed by atoms with van der Waals surface area (Å²) in [4.78, 5) is 22.9. The summed E-state index contributed by atoms with van der Waals surface area (Å²) in [7, 11) is 0. The first-order valence-electron chi connectivity index (χ1n) is 6.89. The predicted octanol–water partition coefficient (Wildman–Crippen LogP) is 2.01. The predicted molar refractivity (Wildman–Crippen MR) is 80.7 cm³/mol. The topological polar surface area (TPSA) is 79.1 Å². The van der Waals surface area contributed by atoms with Gasteiger partial charge in [0.2, 0.25) is 5.69 Å². The van der Waals surface area contributed by atoms with Crippen LogP contribution in [0.5, 0.6) is 5.88 Å². The Balaban J connectivity index is 1.65. The van der Waals surface area contributed by atoms with Crippen LogP contribution in [0.25, 0.3) is 0 Å². The SMILES string of the molecule is Cc1csc(C(=O)N2CC[C@@H](Oc3nccnc3C#N)C2)c1. The average Bonchev–Trinajstić information content (AvgIpc) is 3.16. The number of carbonyl (C=O) groups is 1. The van der Waals surface area contributed by atoms with Crippen molar-refractivity contribution in [1.29, 1.82) is 5.26 Å². The summed E-state index contributed by atoms with van der Waals surface area (Å²) >= 11 is 1.46. The van der Waals surface area contributed by atoms with Crippen molar-refractivity contribution in [3.05, 3.63) is 40.0 Å². The van der Waals surface area contributed by atoms with Crippen molar-refractivity contribution >= 4 is 17.2 Å². The lowest BCUT2D eigenvalue weighted by Gasteiger charge is -2.16. The van der Waals surface area contributed by atoms with E-state index in [1.54, 1.807) is 4.90 Å². The highest BCUT2D eigenvalue weighted by Crippen LogP contribution is 2.22. The molecule has 22 heavy (non-hydrogen) atoms. The molecule has 1 aliphatic rings. The van der Waals surface area contributed by atoms with Crippen molar-refractivity contribution in [3.63, 3.8) is 0 Å². The molecule has 0 unspecified atom stereocenters. The van der Waals surface area contributed by atoms with Gasteiger partial charge >= 0.3 is 0 Å². The fraction of sp³-hybridized carbons (Fsp3) is 0.333. The molecule has 7 heteroatoms. The molecule has 3 rings (SSSR count). The Morgan fingerprint density at radius 1 is 1.50 bits per heavy atom. The summed E-state index contributed by atoms with van der Waals surface area (Å²) in [5, 5.41) is 11.0. The largest absolute Gasteiger partial charge is 0.470 e. The van der Waals surface area contributed by atoms with E-state index in [9.17, 15) is 4.79 Å². The summed E-state index contributed by atoms with van der Waals surface area (Å²) in [6, 6.07) is 3.86. The van der Waals surface area contributed by atoms with Crippen LogP contribution in [0.2, 0.25) is 0 Å². The van der Waals surface area contributed by atoms with E-state index >= 15 is 0 Å². The number of thiophene rings is 1. The quantitative estimate of drug-likeness (QED) is 0.866. The Morgan fingerprint density at radius 3 is 3.05 bits per heavy atom. The maximum absolute atomic E-state index is 12.4. The standard InChI is InChI=1S/C15H14N4O2S/c1-10-6-13(22-9-10)15(20)19-5-2-11(8-19)21-14-12(7-16)17-3-4-18-14/h3-4,6,9,11H,2,5,8H2,1H3/t11-/m1/s1. The van der Waals surface area contributed by atoms with Crippen LogP contribution in [0.3, 0.4) is 0 Å². The zero-order valence-corrected chi connectivity index (χ0v) is 12.8. The molecule has 0 spiro atoms. The zero-order chi connectivity index (χ0) is 15.5. The zero-order valence-electron chi connectivity index (χ0n) is 12.0. The van der Waals surface area contributed by atoms with Crippen molar-refractivity contribution in [2.45, 2.75) is 19.4 Å². The van der Waals surface area contributed by atoms with Crippen LogP contribution >= 0.6 is 11.3 Å². The van der Waals surface area contributed by atoms with Crippen LogP contribution in [0.1, 0.15) is 27.3 Å². The second-order valence-corrected chi connectivity index (χ2v) is 6.00. The molecule has 1 atom stereocenters. The Bertz CT molecular complexity index is 737. The smallest absolute Gasteiger partial charge is 0.264 e. The number of rotatable bonds is 3. The van der Waals surface area contributed by atoms with Crippen molar-refractivity contribution in [1.82, 2.24) is 14.9 Å². The molecule has 2 aromatic rings. The summed E-state index contributed by atoms with van der Waals surface area (Å²) < 4.78 is 5.73. The van der Waals surface area contributed by atoms with E-state index in [4.69, 9.17) is 10.00 Å². The van der Waals surface area contributed by atoms with Crippen molar-refractivity contribution in [3.8, 4) is 11.9 Å². The van der Waals surface area contributed by atoms with Crippen molar-refractivity contribution < 1.29 is 9.53 Å². The first-order chi connectivity index (χ1) is 10.7. The lowest BCUT2D eigenvalue weighted by atomic mass is 10.3. The number of nitrogens with zero attached hydrogens (tertiary/aromatic N) is 4. The minimum atomic E-state index is -0.159. The Labute approximate surface area is 132 Å². The van der Waals surface area contributed by atoms with E-state index in [2.05, 4.69) is 9.97 Å². The molecule has 0 aromatic carbocycles. The maximum Gasteiger partial charge on any atom is 0.264 e. The van der Waals surface area contributed by atoms with Gasteiger partial charge in [-0.2, -0.15) is 5.26 Å². The van der Waals surface area contributed by atoms with Gasteiger partial charge in [-0.15, -0.1) is 11.3 Å². The fourth-order valence-corrected chi connectivity index (χ4v) is 3.22. The van der Waals surface area contributed by atoms with E-state index in [-0.39, 0.29) is 23.6 Å². The highest BCUT2D eigenvalue weighted by molar-refractivity contribution is 7.12. The van der Waals surface area contributed by atoms with Crippen LogP contribution < -0.4 is 4.74 Å². The van der Waals surface area contributed by atoms with Gasteiger partial charge in [-0.25, -0.2) is 9.97 Å². The summed E-state index contributed by atoms with van der Waals surface area (Å²) in [6.45, 7) is 3.11. The van der Waals surface area contributed by atoms with Crippen molar-refractivity contribution in [2.24, 2.45) is 0 Å². The number of ether oxygens (including phenoxy) is 1. The minimum absolute atomic E-state index is 0.0313. The third kappa shape index (κ3) is 2.92. The number of hydrogen-bond donors (Lipinski definition) is 0. The monoisotopic (exact) mass is 314 g/mol. The fourth-order valence-electron chi connectivity index (χ4n) is 2.35. The van der Waals surface area contributed by atoms with E-state index in [0.717, 1.165) is 16.9 Å². The molecule has 112 valence electrons. The molecule has 2 aromatic heterocycles. The molecule has 0 saturated carbocycles. The Kier molecular flexibility index (Phi) is 4.02. The molecular weight excluding hydrogens is 300 g/mol. The minimum Gasteiger partial charge on any atom is -0.470 e. The average molecular weight is 314 g/mol. The normalized spacial score (nSPS) is 17.3. The Morgan fingerprint density at radius 2 is 2.32 bits per heavy atom. The van der Waals surface area contributed by atoms with Crippen LogP contribution in [0.4, 0.5) is 0 Å². The molecule has 0 aliphatic carbocycles. The van der Waals surface area contributed by atoms with Gasteiger partial charge < -0.3 is 9.64 Å². The third-order valence-electron chi connectivity index (χ3n) is 3.42. The lowest BCUT2D eigenvalue weighted by Crippen LogP contribution is -2.30. The van der Waals surface area contributed by atoms with E-state index in [1.807, 2.05) is 24.4 Å². The van der Waals surface area contributed by atoms with Gasteiger partial charge in [0.15, 0.2) is 0 Å². The molecule has 1 saturated heterocycles. The molecule has 3 heterocycles. The van der Waals surface area contributed by atoms with Gasteiger partial charge in [0, 0.05) is 25.4 Å². The summed E-state index contributed by atoms with van der Waals surface area (Å²) in [5.74, 6) is 0.264. The number of carbonyl (C=O) groups excluding carboxylic acids is 1. The number of aromatic nitrogens is 2. The second kappa shape index (κ2) is 6.12. The number of aryl methyl sites for hydroxylation is 1. The lowest BCUT2D eigenvalue weighted by molar-refractivity contribution is 0.0775. The number of nitriles is 1. The highest BCUT2D eigenvalue weighted by atomic mass is 32.1. The van der Waals surface area contributed by atoms with Gasteiger partial charge in [-0.05, 0) is 23.9 Å². The third-order valence-corrected chi connectivity index (χ3v) is 4.46. The number of hydrogen-bond acceptors (Lipinski definition) is 6. The van der Waals surface area contributed by atoms with Crippen LogP contribution in [0.15, 0.2) is 23.8 Å². The molecular formula is C15H14N4O2S. The van der Waals surface area contributed by atoms with Crippen LogP contribution in [-0.4, -0.2) is 40.0 Å². The molecule has 1 fully saturated rings. The molecule has 1 amide bonds.